The summed E-state index contributed by atoms with van der Waals surface area (Å²) in [6.45, 7) is 68.4. The summed E-state index contributed by atoms with van der Waals surface area (Å²) in [5.74, 6) is 5.28. The lowest BCUT2D eigenvalue weighted by Gasteiger charge is -2.31. The number of imidazole rings is 2. The van der Waals surface area contributed by atoms with E-state index in [1.807, 2.05) is 19.6 Å². The molecule has 0 radical (unpaired) electrons. The highest BCUT2D eigenvalue weighted by Crippen LogP contribution is 2.42. The number of aliphatic hydroxyl groups is 1. The second kappa shape index (κ2) is 39.6. The molecule has 1 aliphatic heterocycles. The van der Waals surface area contributed by atoms with Gasteiger partial charge >= 0.3 is 0 Å². The van der Waals surface area contributed by atoms with Gasteiger partial charge in [0, 0.05) is 55.7 Å². The van der Waals surface area contributed by atoms with Gasteiger partial charge in [-0.3, -0.25) is 28.3 Å². The van der Waals surface area contributed by atoms with Crippen LogP contribution in [0.1, 0.15) is 304 Å². The molecule has 8 N–H and O–H groups in total. The van der Waals surface area contributed by atoms with Crippen LogP contribution in [0.15, 0.2) is 156 Å². The van der Waals surface area contributed by atoms with Crippen LogP contribution in [0.2, 0.25) is 39.3 Å². The lowest BCUT2D eigenvalue weighted by molar-refractivity contribution is 0.399. The molecule has 16 heteroatoms. The van der Waals surface area contributed by atoms with Crippen LogP contribution in [0.5, 0.6) is 0 Å². The fraction of sp³-hybridized carbons (Fsp3) is 0.500. The largest absolute Gasteiger partial charge is 0.400 e. The lowest BCUT2D eigenvalue weighted by atomic mass is 9.91. The van der Waals surface area contributed by atoms with Crippen LogP contribution in [-0.4, -0.2) is 53.6 Å². The minimum Gasteiger partial charge on any atom is -0.400 e. The van der Waals surface area contributed by atoms with E-state index in [9.17, 15) is 5.41 Å². The molecule has 570 valence electrons. The lowest BCUT2D eigenvalue weighted by Crippen LogP contribution is -2.33. The zero-order valence-electron chi connectivity index (χ0n) is 70.3. The number of benzene rings is 6. The summed E-state index contributed by atoms with van der Waals surface area (Å²) in [5.41, 5.74) is 33.6. The Bertz CT molecular complexity index is 3840. The van der Waals surface area contributed by atoms with Crippen molar-refractivity contribution in [1.82, 2.24) is 30.6 Å². The fourth-order valence-electron chi connectivity index (χ4n) is 13.6. The molecule has 0 atom stereocenters. The van der Waals surface area contributed by atoms with Crippen LogP contribution in [0.4, 0.5) is 11.4 Å². The number of hydrogen-bond donors (Lipinski definition) is 4. The van der Waals surface area contributed by atoms with Crippen molar-refractivity contribution in [2.45, 2.75) is 276 Å². The summed E-state index contributed by atoms with van der Waals surface area (Å²) in [6, 6.07) is 40.3. The van der Waals surface area contributed by atoms with E-state index >= 15 is 0 Å². The van der Waals surface area contributed by atoms with Crippen LogP contribution >= 0.6 is 0 Å². The summed E-state index contributed by atoms with van der Waals surface area (Å²) in [7, 11) is -2.23. The van der Waals surface area contributed by atoms with Crippen molar-refractivity contribution in [1.29, 1.82) is 5.41 Å². The van der Waals surface area contributed by atoms with Gasteiger partial charge in [0.15, 0.2) is 8.24 Å². The molecule has 9 rings (SSSR count). The topological polar surface area (TPSA) is 201 Å². The zero-order chi connectivity index (χ0) is 76.7. The smallest absolute Gasteiger partial charge is 0.211 e. The molecule has 0 saturated heterocycles. The number of azide groups is 1. The highest BCUT2D eigenvalue weighted by atomic mass is 28.3. The van der Waals surface area contributed by atoms with E-state index in [2.05, 4.69) is 370 Å². The standard InChI is InChI=1S/C30H45N3Si.C27H37N3.C27H38N2.C3H9N3Si.CH4O.2H3N/c1-20(2)24-14-12-15-25(21(3)4)28(24)32-18-19-33(30(32)31-34(9,10)11)29-26(22(5)6)16-13-17-27(29)23(7)8;1-17(2)21-11-9-12-22(18(3)4)25(21)29-15-16-30(27(29)28)26-23(19(5)6)13-10-14-24(26)20(7)8;1-18(2)22-11-9-12-23(19(3)4)26(22)28-15-16-29(17-28)27-24(20(5)6)13-10-14-25(27)21(7)8;1-7(2,3)6-5-4;1-2;;/h12-23H,1-11H3;9-20,28H,1-8H3;9-16,18-21H,17H2,1-8H3;1-3H3;2H,1H3;2*1H3. The van der Waals surface area contributed by atoms with Gasteiger partial charge in [-0.2, -0.15) is 0 Å². The minimum absolute atomic E-state index is 0. The molecule has 1 aliphatic rings. The molecule has 3 heterocycles. The number of aliphatic hydroxyl groups excluding tert-OH is 1. The molecule has 0 saturated carbocycles. The van der Waals surface area contributed by atoms with E-state index in [1.54, 1.807) is 0 Å². The van der Waals surface area contributed by atoms with E-state index in [0.29, 0.717) is 76.6 Å². The van der Waals surface area contributed by atoms with Crippen LogP contribution < -0.4 is 33.3 Å². The molecule has 0 fully saturated rings. The van der Waals surface area contributed by atoms with E-state index in [4.69, 9.17) is 15.3 Å². The SMILES string of the molecule is CC(C)c1cccc(C(C)C)c1-n1ccn(-c2c(C(C)C)cccc2C(C)C)c1=N.CC(C)c1cccc(C(C)C)c1-n1ccn(-c2c(C(C)C)cccc2C(C)C)c1=N[Si](C)(C)C.CC(C)c1cccc(C(C)C)c1N1C=CN(c2c(C(C)C)cccc2C(C)C)C1.CO.C[Si](C)(C)N=[N+]=[N-].N.N. The monoisotopic (exact) mass is 1450 g/mol. The Hall–Kier alpha value is -7.70. The van der Waals surface area contributed by atoms with E-state index in [-0.39, 0.29) is 12.3 Å². The minimum atomic E-state index is -1.79. The quantitative estimate of drug-likeness (QED) is 0.0254. The van der Waals surface area contributed by atoms with Gasteiger partial charge in [-0.15, -0.1) is 4.78 Å². The average molecular weight is 1450 g/mol. The van der Waals surface area contributed by atoms with Crippen LogP contribution in [-0.2, 0) is 0 Å². The summed E-state index contributed by atoms with van der Waals surface area (Å²) in [5, 5.41) is 16.2. The zero-order valence-corrected chi connectivity index (χ0v) is 72.3. The Morgan fingerprint density at radius 2 is 0.510 bits per heavy atom. The predicted octanol–water partition coefficient (Wildman–Crippen LogP) is 25.7. The first-order chi connectivity index (χ1) is 47.8. The van der Waals surface area contributed by atoms with Crippen LogP contribution in [0.3, 0.4) is 0 Å². The summed E-state index contributed by atoms with van der Waals surface area (Å²) >= 11 is 0. The third-order valence-corrected chi connectivity index (χ3v) is 20.3. The Morgan fingerprint density at radius 1 is 0.327 bits per heavy atom. The Balaban J connectivity index is 0.000000379. The van der Waals surface area contributed by atoms with E-state index in [0.717, 1.165) is 19.4 Å². The average Bonchev–Trinajstić information content (AvgIpc) is 1.59. The fourth-order valence-corrected chi connectivity index (χ4v) is 14.7. The molecule has 0 aliphatic carbocycles. The van der Waals surface area contributed by atoms with Crippen LogP contribution in [0.25, 0.3) is 33.2 Å². The number of rotatable bonds is 20. The third-order valence-electron chi connectivity index (χ3n) is 18.7. The van der Waals surface area contributed by atoms with Crippen molar-refractivity contribution in [3.8, 4) is 22.7 Å². The molecule has 0 spiro atoms. The summed E-state index contributed by atoms with van der Waals surface area (Å²) < 4.78 is 18.0. The first kappa shape index (κ1) is 90.5. The second-order valence-corrected chi connectivity index (χ2v) is 42.4. The molecular formula is C88H139N13OSi2. The molecule has 8 aromatic rings. The second-order valence-electron chi connectivity index (χ2n) is 33.3. The highest BCUT2D eigenvalue weighted by molar-refractivity contribution is 6.74. The van der Waals surface area contributed by atoms with Crippen molar-refractivity contribution < 1.29 is 5.11 Å². The van der Waals surface area contributed by atoms with Gasteiger partial charge in [0.2, 0.25) is 11.2 Å². The molecule has 6 aromatic carbocycles. The van der Waals surface area contributed by atoms with Gasteiger partial charge in [0.1, 0.15) is 8.24 Å². The molecule has 0 amide bonds. The van der Waals surface area contributed by atoms with Crippen molar-refractivity contribution in [2.75, 3.05) is 23.6 Å². The van der Waals surface area contributed by atoms with Gasteiger partial charge in [0.05, 0.1) is 29.4 Å². The van der Waals surface area contributed by atoms with Crippen molar-refractivity contribution in [3.05, 3.63) is 235 Å². The van der Waals surface area contributed by atoms with Crippen molar-refractivity contribution >= 4 is 27.8 Å². The maximum Gasteiger partial charge on any atom is 0.211 e. The number of anilines is 2. The Kier molecular flexibility index (Phi) is 34.5. The van der Waals surface area contributed by atoms with Gasteiger partial charge < -0.3 is 27.2 Å². The normalized spacial score (nSPS) is 12.3. The number of hydrogen-bond acceptors (Lipinski definition) is 8. The van der Waals surface area contributed by atoms with Crippen LogP contribution in [0, 0.1) is 5.41 Å². The number of nitrogens with one attached hydrogen (secondary N) is 1. The Morgan fingerprint density at radius 3 is 0.673 bits per heavy atom. The van der Waals surface area contributed by atoms with E-state index in [1.165, 1.54) is 101 Å². The van der Waals surface area contributed by atoms with Gasteiger partial charge in [-0.05, 0) is 168 Å². The Labute approximate surface area is 632 Å². The maximum absolute atomic E-state index is 9.18. The molecule has 2 aromatic heterocycles. The third kappa shape index (κ3) is 22.2. The highest BCUT2D eigenvalue weighted by Gasteiger charge is 2.29. The maximum atomic E-state index is 9.18. The molecular weight excluding hydrogens is 1310 g/mol. The molecule has 14 nitrogen and oxygen atoms in total. The number of nitrogens with zero attached hydrogens (tertiary/aromatic N) is 10. The summed E-state index contributed by atoms with van der Waals surface area (Å²) in [6.07, 6.45) is 13.2. The predicted molar refractivity (Wildman–Crippen MR) is 457 cm³/mol. The first-order valence-electron chi connectivity index (χ1n) is 38.0. The van der Waals surface area contributed by atoms with Gasteiger partial charge in [-0.25, -0.2) is 0 Å². The number of para-hydroxylation sites is 6. The summed E-state index contributed by atoms with van der Waals surface area (Å²) in [4.78, 5) is 7.59. The number of aromatic nitrogens is 4. The van der Waals surface area contributed by atoms with Gasteiger partial charge in [0.25, 0.3) is 0 Å². The van der Waals surface area contributed by atoms with Crippen molar-refractivity contribution in [2.24, 2.45) is 9.44 Å². The molecule has 104 heavy (non-hydrogen) atoms. The molecule has 0 unspecified atom stereocenters. The first-order valence-corrected chi connectivity index (χ1v) is 44.9. The molecule has 0 bridgehead atoms. The van der Waals surface area contributed by atoms with E-state index < -0.39 is 16.5 Å². The van der Waals surface area contributed by atoms with Crippen molar-refractivity contribution in [3.63, 3.8) is 0 Å². The van der Waals surface area contributed by atoms with Gasteiger partial charge in [-0.1, -0.05) is 295 Å².